The van der Waals surface area contributed by atoms with Gasteiger partial charge in [0.2, 0.25) is 0 Å². The van der Waals surface area contributed by atoms with Crippen molar-refractivity contribution in [2.24, 2.45) is 5.10 Å². The maximum absolute atomic E-state index is 12.6. The normalized spacial score (nSPS) is 11.4. The first-order valence-corrected chi connectivity index (χ1v) is 11.2. The highest BCUT2D eigenvalue weighted by Crippen LogP contribution is 2.22. The molecule has 0 saturated carbocycles. The van der Waals surface area contributed by atoms with Crippen molar-refractivity contribution in [1.82, 2.24) is 10.4 Å². The van der Waals surface area contributed by atoms with Gasteiger partial charge < -0.3 is 4.74 Å². The zero-order valence-corrected chi connectivity index (χ0v) is 17.9. The van der Waals surface area contributed by atoms with E-state index in [0.717, 1.165) is 11.3 Å². The fraction of sp³-hybridized carbons (Fsp3) is 0.100. The summed E-state index contributed by atoms with van der Waals surface area (Å²) in [5.41, 5.74) is 3.69. The lowest BCUT2D eigenvalue weighted by molar-refractivity contribution is 0.0955. The number of amides is 1. The van der Waals surface area contributed by atoms with Crippen molar-refractivity contribution >= 4 is 38.7 Å². The molecule has 0 atom stereocenters. The third-order valence-corrected chi connectivity index (χ3v) is 6.71. The van der Waals surface area contributed by atoms with E-state index in [1.165, 1.54) is 24.5 Å². The molecule has 1 aromatic carbocycles. The highest BCUT2D eigenvalue weighted by atomic mass is 32.2. The quantitative estimate of drug-likeness (QED) is 0.396. The first-order chi connectivity index (χ1) is 14.9. The number of hydrogen-bond acceptors (Lipinski definition) is 8. The molecule has 31 heavy (non-hydrogen) atoms. The molecular weight excluding hydrogens is 438 g/mol. The molecule has 11 heteroatoms. The molecule has 2 aromatic heterocycles. The summed E-state index contributed by atoms with van der Waals surface area (Å²) in [4.78, 5) is 16.5. The van der Waals surface area contributed by atoms with Crippen molar-refractivity contribution < 1.29 is 17.9 Å². The van der Waals surface area contributed by atoms with E-state index in [4.69, 9.17) is 10.00 Å². The van der Waals surface area contributed by atoms with Crippen LogP contribution >= 0.6 is 11.3 Å². The van der Waals surface area contributed by atoms with Gasteiger partial charge in [-0.15, -0.1) is 11.3 Å². The molecule has 0 unspecified atom stereocenters. The van der Waals surface area contributed by atoms with Gasteiger partial charge >= 0.3 is 0 Å². The van der Waals surface area contributed by atoms with E-state index in [9.17, 15) is 13.2 Å². The Hall–Kier alpha value is -3.75. The van der Waals surface area contributed by atoms with Crippen LogP contribution in [-0.2, 0) is 10.0 Å². The summed E-state index contributed by atoms with van der Waals surface area (Å²) in [6.07, 6.45) is 2.64. The van der Waals surface area contributed by atoms with Gasteiger partial charge in [0.25, 0.3) is 15.9 Å². The number of benzene rings is 1. The van der Waals surface area contributed by atoms with E-state index in [0.29, 0.717) is 17.0 Å². The number of aromatic nitrogens is 1. The van der Waals surface area contributed by atoms with Gasteiger partial charge in [0, 0.05) is 11.8 Å². The van der Waals surface area contributed by atoms with E-state index in [-0.39, 0.29) is 22.1 Å². The van der Waals surface area contributed by atoms with Gasteiger partial charge in [-0.05, 0) is 36.6 Å². The molecule has 0 spiro atoms. The van der Waals surface area contributed by atoms with Crippen molar-refractivity contribution in [3.63, 3.8) is 0 Å². The second kappa shape index (κ2) is 9.84. The van der Waals surface area contributed by atoms with Crippen molar-refractivity contribution in [2.45, 2.75) is 11.1 Å². The molecule has 0 aliphatic rings. The van der Waals surface area contributed by atoms with E-state index >= 15 is 0 Å². The molecule has 0 aliphatic carbocycles. The number of carbonyl (C=O) groups is 1. The van der Waals surface area contributed by atoms with Gasteiger partial charge in [-0.2, -0.15) is 10.4 Å². The summed E-state index contributed by atoms with van der Waals surface area (Å²) in [7, 11) is -3.84. The average molecular weight is 456 g/mol. The van der Waals surface area contributed by atoms with E-state index in [1.54, 1.807) is 42.6 Å². The molecule has 9 nitrogen and oxygen atoms in total. The van der Waals surface area contributed by atoms with Crippen molar-refractivity contribution in [3.05, 3.63) is 71.4 Å². The largest absolute Gasteiger partial charge is 0.479 e. The van der Waals surface area contributed by atoms with Gasteiger partial charge in [-0.1, -0.05) is 18.2 Å². The fourth-order valence-corrected chi connectivity index (χ4v) is 4.53. The lowest BCUT2D eigenvalue weighted by atomic mass is 10.1. The highest BCUT2D eigenvalue weighted by molar-refractivity contribution is 7.94. The minimum Gasteiger partial charge on any atom is -0.479 e. The van der Waals surface area contributed by atoms with Gasteiger partial charge in [0.05, 0.1) is 23.2 Å². The summed E-state index contributed by atoms with van der Waals surface area (Å²) in [6, 6.07) is 13.3. The first kappa shape index (κ1) is 21.9. The van der Waals surface area contributed by atoms with Crippen LogP contribution in [0.4, 0.5) is 5.69 Å². The molecular formula is C20H17N5O4S2. The second-order valence-electron chi connectivity index (χ2n) is 6.07. The topological polar surface area (TPSA) is 134 Å². The van der Waals surface area contributed by atoms with Crippen molar-refractivity contribution in [2.75, 3.05) is 11.3 Å². The lowest BCUT2D eigenvalue weighted by Crippen LogP contribution is -2.22. The van der Waals surface area contributed by atoms with Gasteiger partial charge in [0.15, 0.2) is 6.61 Å². The molecule has 2 heterocycles. The number of nitrogens with one attached hydrogen (secondary N) is 2. The summed E-state index contributed by atoms with van der Waals surface area (Å²) in [5.74, 6) is -0.109. The Kier molecular flexibility index (Phi) is 6.96. The Balaban J connectivity index is 1.76. The van der Waals surface area contributed by atoms with E-state index < -0.39 is 15.9 Å². The summed E-state index contributed by atoms with van der Waals surface area (Å²) in [6.45, 7) is 1.61. The number of nitrogens with zero attached hydrogens (tertiary/aromatic N) is 3. The molecule has 0 saturated heterocycles. The number of carbonyl (C=O) groups excluding carboxylic acids is 1. The van der Waals surface area contributed by atoms with Crippen LogP contribution in [0.2, 0.25) is 0 Å². The molecule has 3 aromatic rings. The predicted molar refractivity (Wildman–Crippen MR) is 117 cm³/mol. The zero-order chi connectivity index (χ0) is 22.3. The monoisotopic (exact) mass is 455 g/mol. The summed E-state index contributed by atoms with van der Waals surface area (Å²) < 4.78 is 32.7. The maximum Gasteiger partial charge on any atom is 0.273 e. The van der Waals surface area contributed by atoms with Crippen LogP contribution < -0.4 is 14.9 Å². The van der Waals surface area contributed by atoms with Crippen LogP contribution in [0.3, 0.4) is 0 Å². The number of thiophene rings is 1. The van der Waals surface area contributed by atoms with Crippen LogP contribution in [0.5, 0.6) is 5.75 Å². The molecule has 1 amide bonds. The molecule has 0 fully saturated rings. The Morgan fingerprint density at radius 1 is 1.29 bits per heavy atom. The number of hydrogen-bond donors (Lipinski definition) is 2. The minimum absolute atomic E-state index is 0.0353. The van der Waals surface area contributed by atoms with E-state index in [2.05, 4.69) is 20.2 Å². The van der Waals surface area contributed by atoms with Crippen LogP contribution in [-0.4, -0.2) is 31.6 Å². The lowest BCUT2D eigenvalue weighted by Gasteiger charge is -2.10. The van der Waals surface area contributed by atoms with Crippen LogP contribution in [0.1, 0.15) is 22.8 Å². The third-order valence-electron chi connectivity index (χ3n) is 3.95. The molecule has 0 radical (unpaired) electrons. The van der Waals surface area contributed by atoms with Crippen molar-refractivity contribution in [1.29, 1.82) is 5.26 Å². The molecule has 3 rings (SSSR count). The second-order valence-corrected chi connectivity index (χ2v) is 8.93. The maximum atomic E-state index is 12.6. The Morgan fingerprint density at radius 2 is 2.13 bits per heavy atom. The standard InChI is InChI=1S/C20H17N5O4S2/c1-14(15-4-2-5-16(12-15)29-10-8-21)23-24-20(26)17-7-9-22-13-18(17)25-31(27,28)19-6-3-11-30-19/h2-7,9,11-13,25H,10H2,1H3,(H,24,26)/b23-14+. The Labute approximate surface area is 183 Å². The van der Waals surface area contributed by atoms with Crippen molar-refractivity contribution in [3.8, 4) is 11.8 Å². The predicted octanol–water partition coefficient (Wildman–Crippen LogP) is 3.00. The Morgan fingerprint density at radius 3 is 2.87 bits per heavy atom. The van der Waals surface area contributed by atoms with Crippen LogP contribution in [0.25, 0.3) is 0 Å². The van der Waals surface area contributed by atoms with Gasteiger partial charge in [0.1, 0.15) is 16.0 Å². The number of sulfonamides is 1. The molecule has 0 aliphatic heterocycles. The Bertz CT molecular complexity index is 1250. The fourth-order valence-electron chi connectivity index (χ4n) is 2.47. The SMILES string of the molecule is C/C(=N\NC(=O)c1ccncc1NS(=O)(=O)c1cccs1)c1cccc(OCC#N)c1. The smallest absolute Gasteiger partial charge is 0.273 e. The molecule has 0 bridgehead atoms. The molecule has 2 N–H and O–H groups in total. The van der Waals surface area contributed by atoms with Gasteiger partial charge in [-0.25, -0.2) is 13.8 Å². The molecule has 158 valence electrons. The zero-order valence-electron chi connectivity index (χ0n) is 16.3. The highest BCUT2D eigenvalue weighted by Gasteiger charge is 2.19. The minimum atomic E-state index is -3.84. The number of rotatable bonds is 8. The van der Waals surface area contributed by atoms with Crippen LogP contribution in [0.15, 0.2) is 69.5 Å². The summed E-state index contributed by atoms with van der Waals surface area (Å²) >= 11 is 1.06. The van der Waals surface area contributed by atoms with Gasteiger partial charge in [-0.3, -0.25) is 14.5 Å². The number of hydrazone groups is 1. The summed E-state index contributed by atoms with van der Waals surface area (Å²) in [5, 5.41) is 14.3. The average Bonchev–Trinajstić information content (AvgIpc) is 3.32. The third kappa shape index (κ3) is 5.65. The number of nitriles is 1. The number of anilines is 1. The van der Waals surface area contributed by atoms with Crippen LogP contribution in [0, 0.1) is 11.3 Å². The van der Waals surface area contributed by atoms with E-state index in [1.807, 2.05) is 6.07 Å². The number of ether oxygens (including phenoxy) is 1. The first-order valence-electron chi connectivity index (χ1n) is 8.86. The number of pyridine rings is 1.